The zero-order chi connectivity index (χ0) is 19.8. The van der Waals surface area contributed by atoms with Crippen LogP contribution in [0.3, 0.4) is 0 Å². The van der Waals surface area contributed by atoms with Crippen molar-refractivity contribution in [1.82, 2.24) is 19.7 Å². The molecule has 0 saturated carbocycles. The second kappa shape index (κ2) is 7.47. The molecule has 5 rings (SSSR count). The molecule has 0 N–H and O–H groups in total. The van der Waals surface area contributed by atoms with Gasteiger partial charge in [-0.05, 0) is 55.0 Å². The highest BCUT2D eigenvalue weighted by molar-refractivity contribution is 5.96. The molecule has 29 heavy (non-hydrogen) atoms. The molecule has 1 aromatic heterocycles. The maximum absolute atomic E-state index is 13.2. The zero-order valence-corrected chi connectivity index (χ0v) is 16.8. The topological polar surface area (TPSA) is 51.0 Å². The fraction of sp³-hybridized carbons (Fsp3) is 0.375. The summed E-state index contributed by atoms with van der Waals surface area (Å²) in [5.41, 5.74) is 4.24. The third-order valence-corrected chi connectivity index (χ3v) is 6.35. The summed E-state index contributed by atoms with van der Waals surface area (Å²) in [6.45, 7) is 4.70. The third-order valence-electron chi connectivity index (χ3n) is 6.35. The highest BCUT2D eigenvalue weighted by Crippen LogP contribution is 2.31. The number of carbonyl (C=O) groups is 1. The van der Waals surface area contributed by atoms with Crippen LogP contribution in [0, 0.1) is 6.92 Å². The molecule has 148 valence electrons. The fourth-order valence-corrected chi connectivity index (χ4v) is 4.68. The zero-order valence-electron chi connectivity index (χ0n) is 16.8. The minimum absolute atomic E-state index is 0.132. The van der Waals surface area contributed by atoms with Gasteiger partial charge in [-0.25, -0.2) is 0 Å². The molecule has 5 heteroatoms. The lowest BCUT2D eigenvalue weighted by Gasteiger charge is -2.31. The van der Waals surface area contributed by atoms with Crippen LogP contribution in [0.15, 0.2) is 48.5 Å². The number of carbonyl (C=O) groups excluding carboxylic acids is 1. The van der Waals surface area contributed by atoms with E-state index >= 15 is 0 Å². The fourth-order valence-electron chi connectivity index (χ4n) is 4.68. The van der Waals surface area contributed by atoms with E-state index in [1.54, 1.807) is 0 Å². The first-order valence-corrected chi connectivity index (χ1v) is 10.6. The van der Waals surface area contributed by atoms with E-state index in [4.69, 9.17) is 0 Å². The second-order valence-corrected chi connectivity index (χ2v) is 8.19. The van der Waals surface area contributed by atoms with Gasteiger partial charge in [0.1, 0.15) is 11.6 Å². The second-order valence-electron chi connectivity index (χ2n) is 8.19. The summed E-state index contributed by atoms with van der Waals surface area (Å²) in [7, 11) is 0. The smallest absolute Gasteiger partial charge is 0.253 e. The van der Waals surface area contributed by atoms with E-state index in [0.29, 0.717) is 5.92 Å². The SMILES string of the molecule is Cc1ccc(C(=O)N2CCC(c3nnc4n3CCC4)CC2)cc1-c1ccccc1. The van der Waals surface area contributed by atoms with E-state index in [0.717, 1.165) is 67.2 Å². The molecule has 0 unspecified atom stereocenters. The van der Waals surface area contributed by atoms with Crippen LogP contribution in [0.4, 0.5) is 0 Å². The molecule has 0 radical (unpaired) electrons. The summed E-state index contributed by atoms with van der Waals surface area (Å²) in [6, 6.07) is 16.3. The monoisotopic (exact) mass is 386 g/mol. The number of nitrogens with zero attached hydrogens (tertiary/aromatic N) is 4. The number of aromatic nitrogens is 3. The van der Waals surface area contributed by atoms with Gasteiger partial charge in [-0.2, -0.15) is 0 Å². The van der Waals surface area contributed by atoms with Gasteiger partial charge < -0.3 is 9.47 Å². The van der Waals surface area contributed by atoms with Gasteiger partial charge in [0, 0.05) is 37.5 Å². The van der Waals surface area contributed by atoms with Gasteiger partial charge in [0.15, 0.2) is 0 Å². The van der Waals surface area contributed by atoms with E-state index in [-0.39, 0.29) is 5.91 Å². The van der Waals surface area contributed by atoms with Crippen molar-refractivity contribution in [2.24, 2.45) is 0 Å². The number of benzene rings is 2. The summed E-state index contributed by atoms with van der Waals surface area (Å²) in [4.78, 5) is 15.2. The number of rotatable bonds is 3. The van der Waals surface area contributed by atoms with E-state index in [1.807, 2.05) is 35.2 Å². The first-order valence-electron chi connectivity index (χ1n) is 10.6. The van der Waals surface area contributed by atoms with Crippen molar-refractivity contribution in [2.75, 3.05) is 13.1 Å². The maximum atomic E-state index is 13.2. The first kappa shape index (κ1) is 18.1. The van der Waals surface area contributed by atoms with E-state index in [2.05, 4.69) is 39.9 Å². The number of aryl methyl sites for hydroxylation is 2. The summed E-state index contributed by atoms with van der Waals surface area (Å²) in [5.74, 6) is 2.81. The lowest BCUT2D eigenvalue weighted by atomic mass is 9.94. The Hall–Kier alpha value is -2.95. The number of fused-ring (bicyclic) bond motifs is 1. The van der Waals surface area contributed by atoms with Gasteiger partial charge in [-0.1, -0.05) is 36.4 Å². The molecule has 2 aromatic carbocycles. The van der Waals surface area contributed by atoms with Crippen LogP contribution in [-0.2, 0) is 13.0 Å². The van der Waals surface area contributed by atoms with Crippen LogP contribution < -0.4 is 0 Å². The van der Waals surface area contributed by atoms with Crippen molar-refractivity contribution in [3.05, 3.63) is 71.3 Å². The molecule has 3 heterocycles. The molecule has 1 amide bonds. The Morgan fingerprint density at radius 2 is 1.79 bits per heavy atom. The molecule has 0 spiro atoms. The molecule has 2 aliphatic heterocycles. The van der Waals surface area contributed by atoms with Gasteiger partial charge in [0.25, 0.3) is 5.91 Å². The normalized spacial score (nSPS) is 16.8. The van der Waals surface area contributed by atoms with Crippen molar-refractivity contribution in [2.45, 2.75) is 45.1 Å². The Balaban J connectivity index is 1.31. The summed E-state index contributed by atoms with van der Waals surface area (Å²) in [5, 5.41) is 8.81. The lowest BCUT2D eigenvalue weighted by molar-refractivity contribution is 0.0710. The quantitative estimate of drug-likeness (QED) is 0.677. The Bertz CT molecular complexity index is 1030. The van der Waals surface area contributed by atoms with E-state index in [1.165, 1.54) is 12.0 Å². The molecule has 0 bridgehead atoms. The van der Waals surface area contributed by atoms with E-state index in [9.17, 15) is 4.79 Å². The van der Waals surface area contributed by atoms with E-state index < -0.39 is 0 Å². The highest BCUT2D eigenvalue weighted by atomic mass is 16.2. The van der Waals surface area contributed by atoms with Gasteiger partial charge >= 0.3 is 0 Å². The van der Waals surface area contributed by atoms with Gasteiger partial charge in [0.05, 0.1) is 0 Å². The van der Waals surface area contributed by atoms with Crippen molar-refractivity contribution in [1.29, 1.82) is 0 Å². The molecule has 3 aromatic rings. The number of likely N-dealkylation sites (tertiary alicyclic amines) is 1. The predicted octanol–water partition coefficient (Wildman–Crippen LogP) is 4.22. The largest absolute Gasteiger partial charge is 0.339 e. The first-order chi connectivity index (χ1) is 14.2. The number of hydrogen-bond acceptors (Lipinski definition) is 3. The van der Waals surface area contributed by atoms with Crippen LogP contribution >= 0.6 is 0 Å². The summed E-state index contributed by atoms with van der Waals surface area (Å²) < 4.78 is 2.30. The van der Waals surface area contributed by atoms with Crippen LogP contribution in [0.5, 0.6) is 0 Å². The molecule has 0 aliphatic carbocycles. The lowest BCUT2D eigenvalue weighted by Crippen LogP contribution is -2.38. The predicted molar refractivity (Wildman–Crippen MR) is 113 cm³/mol. The summed E-state index contributed by atoms with van der Waals surface area (Å²) in [6.07, 6.45) is 4.14. The molecular formula is C24H26N4O. The molecule has 1 fully saturated rings. The van der Waals surface area contributed by atoms with Gasteiger partial charge in [-0.15, -0.1) is 10.2 Å². The molecular weight excluding hydrogens is 360 g/mol. The molecule has 2 aliphatic rings. The van der Waals surface area contributed by atoms with Crippen LogP contribution in [0.1, 0.15) is 52.8 Å². The Morgan fingerprint density at radius 1 is 1.00 bits per heavy atom. The van der Waals surface area contributed by atoms with Crippen LogP contribution in [-0.4, -0.2) is 38.7 Å². The number of piperidine rings is 1. The molecule has 5 nitrogen and oxygen atoms in total. The standard InChI is InChI=1S/C24H26N4O/c1-17-9-10-20(16-21(17)18-6-3-2-4-7-18)24(29)27-14-11-19(12-15-27)23-26-25-22-8-5-13-28(22)23/h2-4,6-7,9-10,16,19H,5,8,11-15H2,1H3. The van der Waals surface area contributed by atoms with Crippen molar-refractivity contribution >= 4 is 5.91 Å². The molecule has 0 atom stereocenters. The average Bonchev–Trinajstić information content (AvgIpc) is 3.38. The Kier molecular flexibility index (Phi) is 4.66. The average molecular weight is 386 g/mol. The number of hydrogen-bond donors (Lipinski definition) is 0. The van der Waals surface area contributed by atoms with Crippen molar-refractivity contribution in [3.63, 3.8) is 0 Å². The molecule has 1 saturated heterocycles. The third kappa shape index (κ3) is 3.35. The summed E-state index contributed by atoms with van der Waals surface area (Å²) >= 11 is 0. The van der Waals surface area contributed by atoms with Crippen LogP contribution in [0.25, 0.3) is 11.1 Å². The number of amides is 1. The van der Waals surface area contributed by atoms with Crippen molar-refractivity contribution in [3.8, 4) is 11.1 Å². The minimum Gasteiger partial charge on any atom is -0.339 e. The highest BCUT2D eigenvalue weighted by Gasteiger charge is 2.29. The Labute approximate surface area is 171 Å². The van der Waals surface area contributed by atoms with Crippen LogP contribution in [0.2, 0.25) is 0 Å². The maximum Gasteiger partial charge on any atom is 0.253 e. The Morgan fingerprint density at radius 3 is 2.59 bits per heavy atom. The van der Waals surface area contributed by atoms with Gasteiger partial charge in [0.2, 0.25) is 0 Å². The van der Waals surface area contributed by atoms with Crippen molar-refractivity contribution < 1.29 is 4.79 Å². The van der Waals surface area contributed by atoms with Gasteiger partial charge in [-0.3, -0.25) is 4.79 Å². The minimum atomic E-state index is 0.132.